The van der Waals surface area contributed by atoms with E-state index < -0.39 is 0 Å². The van der Waals surface area contributed by atoms with E-state index in [2.05, 4.69) is 10.2 Å². The first-order valence-electron chi connectivity index (χ1n) is 7.44. The molecule has 0 bridgehead atoms. The smallest absolute Gasteiger partial charge is 0.0462 e. The van der Waals surface area contributed by atoms with E-state index in [1.54, 1.807) is 0 Å². The van der Waals surface area contributed by atoms with Crippen LogP contribution in [0, 0.1) is 11.8 Å². The highest BCUT2D eigenvalue weighted by Gasteiger charge is 2.23. The number of hydrogen-bond acceptors (Lipinski definition) is 3. The minimum absolute atomic E-state index is 0.387. The maximum Gasteiger partial charge on any atom is 0.0462 e. The maximum absolute atomic E-state index is 9.35. The molecule has 2 rings (SSSR count). The van der Waals surface area contributed by atoms with Gasteiger partial charge < -0.3 is 15.3 Å². The lowest BCUT2D eigenvalue weighted by atomic mass is 9.79. The quantitative estimate of drug-likeness (QED) is 0.690. The zero-order valence-electron chi connectivity index (χ0n) is 11.0. The molecule has 3 heteroatoms. The fourth-order valence-corrected chi connectivity index (χ4v) is 3.32. The maximum atomic E-state index is 9.35. The van der Waals surface area contributed by atoms with Gasteiger partial charge in [-0.3, -0.25) is 0 Å². The van der Waals surface area contributed by atoms with Gasteiger partial charge in [0.15, 0.2) is 0 Å². The minimum Gasteiger partial charge on any atom is -0.396 e. The third-order valence-electron chi connectivity index (χ3n) is 4.51. The normalized spacial score (nSPS) is 30.9. The fraction of sp³-hybridized carbons (Fsp3) is 1.00. The van der Waals surface area contributed by atoms with E-state index in [4.69, 9.17) is 0 Å². The third-order valence-corrected chi connectivity index (χ3v) is 4.51. The van der Waals surface area contributed by atoms with Crippen molar-refractivity contribution in [3.8, 4) is 0 Å². The summed E-state index contributed by atoms with van der Waals surface area (Å²) in [7, 11) is 0. The highest BCUT2D eigenvalue weighted by Crippen LogP contribution is 2.28. The van der Waals surface area contributed by atoms with Crippen LogP contribution < -0.4 is 5.32 Å². The Morgan fingerprint density at radius 2 is 1.71 bits per heavy atom. The highest BCUT2D eigenvalue weighted by atomic mass is 16.3. The average molecular weight is 240 g/mol. The van der Waals surface area contributed by atoms with Crippen molar-refractivity contribution in [3.63, 3.8) is 0 Å². The van der Waals surface area contributed by atoms with Gasteiger partial charge in [-0.15, -0.1) is 0 Å². The fourth-order valence-electron chi connectivity index (χ4n) is 3.32. The van der Waals surface area contributed by atoms with Gasteiger partial charge in [0.2, 0.25) is 0 Å². The van der Waals surface area contributed by atoms with Crippen LogP contribution in [0.5, 0.6) is 0 Å². The van der Waals surface area contributed by atoms with Gasteiger partial charge in [-0.05, 0) is 57.2 Å². The van der Waals surface area contributed by atoms with E-state index in [1.807, 2.05) is 0 Å². The van der Waals surface area contributed by atoms with Gasteiger partial charge in [0.05, 0.1) is 0 Å². The first-order chi connectivity index (χ1) is 8.40. The minimum atomic E-state index is 0.387. The molecule has 0 aromatic rings. The number of nitrogens with one attached hydrogen (secondary N) is 1. The lowest BCUT2D eigenvalue weighted by Gasteiger charge is -2.30. The van der Waals surface area contributed by atoms with Crippen molar-refractivity contribution in [1.29, 1.82) is 0 Å². The number of nitrogens with zero attached hydrogens (tertiary/aromatic N) is 1. The Bertz CT molecular complexity index is 204. The zero-order chi connectivity index (χ0) is 11.9. The molecule has 100 valence electrons. The predicted octanol–water partition coefficient (Wildman–Crippen LogP) is 1.47. The van der Waals surface area contributed by atoms with Crippen LogP contribution in [0.15, 0.2) is 0 Å². The molecule has 1 saturated heterocycles. The molecule has 0 radical (unpaired) electrons. The van der Waals surface area contributed by atoms with Crippen LogP contribution in [-0.4, -0.2) is 49.3 Å². The first-order valence-corrected chi connectivity index (χ1v) is 7.44. The predicted molar refractivity (Wildman–Crippen MR) is 71.1 cm³/mol. The molecule has 1 aliphatic heterocycles. The molecule has 1 aliphatic carbocycles. The van der Waals surface area contributed by atoms with Crippen molar-refractivity contribution < 1.29 is 5.11 Å². The second kappa shape index (κ2) is 7.34. The Hall–Kier alpha value is -0.120. The molecule has 2 N–H and O–H groups in total. The van der Waals surface area contributed by atoms with E-state index >= 15 is 0 Å². The van der Waals surface area contributed by atoms with Gasteiger partial charge in [0.25, 0.3) is 0 Å². The second-order valence-electron chi connectivity index (χ2n) is 5.74. The summed E-state index contributed by atoms with van der Waals surface area (Å²) in [6.07, 6.45) is 7.98. The molecular weight excluding hydrogens is 212 g/mol. The Morgan fingerprint density at radius 1 is 1.00 bits per heavy atom. The van der Waals surface area contributed by atoms with Gasteiger partial charge in [-0.2, -0.15) is 0 Å². The van der Waals surface area contributed by atoms with Crippen molar-refractivity contribution in [2.24, 2.45) is 11.8 Å². The molecule has 1 saturated carbocycles. The molecule has 0 aromatic carbocycles. The summed E-state index contributed by atoms with van der Waals surface area (Å²) >= 11 is 0. The summed E-state index contributed by atoms with van der Waals surface area (Å²) in [6.45, 7) is 6.41. The van der Waals surface area contributed by atoms with Gasteiger partial charge in [0.1, 0.15) is 0 Å². The second-order valence-corrected chi connectivity index (χ2v) is 5.74. The van der Waals surface area contributed by atoms with Crippen LogP contribution in [-0.2, 0) is 0 Å². The topological polar surface area (TPSA) is 35.5 Å². The summed E-state index contributed by atoms with van der Waals surface area (Å²) in [4.78, 5) is 2.55. The Balaban J connectivity index is 1.56. The molecule has 2 aliphatic rings. The number of rotatable bonds is 6. The van der Waals surface area contributed by atoms with Crippen LogP contribution in [0.2, 0.25) is 0 Å². The van der Waals surface area contributed by atoms with E-state index in [1.165, 1.54) is 58.2 Å². The molecule has 0 amide bonds. The Labute approximate surface area is 106 Å². The molecule has 2 atom stereocenters. The third kappa shape index (κ3) is 4.23. The molecule has 0 spiro atoms. The van der Waals surface area contributed by atoms with Crippen molar-refractivity contribution in [2.75, 3.05) is 39.3 Å². The summed E-state index contributed by atoms with van der Waals surface area (Å²) < 4.78 is 0. The highest BCUT2D eigenvalue weighted by molar-refractivity contribution is 4.77. The zero-order valence-corrected chi connectivity index (χ0v) is 11.0. The molecule has 1 heterocycles. The van der Waals surface area contributed by atoms with Crippen molar-refractivity contribution in [1.82, 2.24) is 10.2 Å². The van der Waals surface area contributed by atoms with E-state index in [0.29, 0.717) is 18.4 Å². The molecular formula is C14H28N2O. The van der Waals surface area contributed by atoms with Crippen molar-refractivity contribution in [2.45, 2.75) is 38.5 Å². The van der Waals surface area contributed by atoms with E-state index in [9.17, 15) is 5.11 Å². The molecule has 3 nitrogen and oxygen atoms in total. The first kappa shape index (κ1) is 13.3. The van der Waals surface area contributed by atoms with Crippen molar-refractivity contribution in [3.05, 3.63) is 0 Å². The lowest BCUT2D eigenvalue weighted by Crippen LogP contribution is -2.36. The summed E-state index contributed by atoms with van der Waals surface area (Å²) in [5.74, 6) is 1.27. The lowest BCUT2D eigenvalue weighted by molar-refractivity contribution is 0.132. The van der Waals surface area contributed by atoms with Crippen LogP contribution in [0.3, 0.4) is 0 Å². The van der Waals surface area contributed by atoms with Crippen LogP contribution >= 0.6 is 0 Å². The van der Waals surface area contributed by atoms with Gasteiger partial charge in [-0.1, -0.05) is 12.8 Å². The standard InChI is InChI=1S/C14H28N2O/c17-12-14-6-2-1-5-13(14)11-15-7-10-16-8-3-4-9-16/h13-15,17H,1-12H2. The number of likely N-dealkylation sites (tertiary alicyclic amines) is 1. The summed E-state index contributed by atoms with van der Waals surface area (Å²) in [6, 6.07) is 0. The summed E-state index contributed by atoms with van der Waals surface area (Å²) in [5.41, 5.74) is 0. The van der Waals surface area contributed by atoms with Gasteiger partial charge in [0, 0.05) is 19.7 Å². The number of hydrogen-bond donors (Lipinski definition) is 2. The van der Waals surface area contributed by atoms with E-state index in [0.717, 1.165) is 13.1 Å². The van der Waals surface area contributed by atoms with Crippen molar-refractivity contribution >= 4 is 0 Å². The van der Waals surface area contributed by atoms with Gasteiger partial charge >= 0.3 is 0 Å². The summed E-state index contributed by atoms with van der Waals surface area (Å²) in [5, 5.41) is 12.9. The van der Waals surface area contributed by atoms with Crippen LogP contribution in [0.4, 0.5) is 0 Å². The number of aliphatic hydroxyl groups is 1. The largest absolute Gasteiger partial charge is 0.396 e. The van der Waals surface area contributed by atoms with Crippen LogP contribution in [0.1, 0.15) is 38.5 Å². The SMILES string of the molecule is OCC1CCCCC1CNCCN1CCCC1. The molecule has 2 fully saturated rings. The van der Waals surface area contributed by atoms with Gasteiger partial charge in [-0.25, -0.2) is 0 Å². The number of aliphatic hydroxyl groups excluding tert-OH is 1. The van der Waals surface area contributed by atoms with Crippen LogP contribution in [0.25, 0.3) is 0 Å². The average Bonchev–Trinajstić information content (AvgIpc) is 2.88. The molecule has 2 unspecified atom stereocenters. The molecule has 17 heavy (non-hydrogen) atoms. The Morgan fingerprint density at radius 3 is 2.41 bits per heavy atom. The molecule has 0 aromatic heterocycles. The monoisotopic (exact) mass is 240 g/mol. The van der Waals surface area contributed by atoms with E-state index in [-0.39, 0.29) is 0 Å². The Kier molecular flexibility index (Phi) is 5.75.